The first kappa shape index (κ1) is 9.46. The molecule has 1 saturated heterocycles. The van der Waals surface area contributed by atoms with Crippen LogP contribution in [0.5, 0.6) is 0 Å². The quantitative estimate of drug-likeness (QED) is 0.734. The summed E-state index contributed by atoms with van der Waals surface area (Å²) in [4.78, 5) is 13.0. The largest absolute Gasteiger partial charge is 0.480 e. The van der Waals surface area contributed by atoms with Gasteiger partial charge >= 0.3 is 5.97 Å². The normalized spacial score (nSPS) is 27.6. The standard InChI is InChI=1S/C11H15NO2/c13-11(14)10-6-3-7-12(10)8-9-4-1-2-5-9/h1-2,4-5,9-10H,3,6-8H2,(H,13,14)/t10-/m0/s1. The van der Waals surface area contributed by atoms with Crippen LogP contribution in [0, 0.1) is 5.92 Å². The Labute approximate surface area is 83.7 Å². The molecule has 3 nitrogen and oxygen atoms in total. The van der Waals surface area contributed by atoms with Crippen molar-refractivity contribution >= 4 is 5.97 Å². The molecule has 1 fully saturated rings. The zero-order valence-electron chi connectivity index (χ0n) is 8.10. The van der Waals surface area contributed by atoms with E-state index in [0.717, 1.165) is 25.9 Å². The second kappa shape index (κ2) is 3.96. The van der Waals surface area contributed by atoms with Crippen molar-refractivity contribution in [2.75, 3.05) is 13.1 Å². The maximum atomic E-state index is 10.9. The van der Waals surface area contributed by atoms with Crippen LogP contribution in [0.1, 0.15) is 12.8 Å². The van der Waals surface area contributed by atoms with Crippen molar-refractivity contribution in [3.05, 3.63) is 24.3 Å². The second-order valence-corrected chi connectivity index (χ2v) is 3.92. The number of hydrogen-bond donors (Lipinski definition) is 1. The van der Waals surface area contributed by atoms with Crippen molar-refractivity contribution < 1.29 is 9.90 Å². The summed E-state index contributed by atoms with van der Waals surface area (Å²) in [5.74, 6) is -0.261. The number of rotatable bonds is 3. The van der Waals surface area contributed by atoms with Crippen LogP contribution in [0.4, 0.5) is 0 Å². The Morgan fingerprint density at radius 1 is 1.43 bits per heavy atom. The molecule has 1 aliphatic carbocycles. The van der Waals surface area contributed by atoms with Crippen LogP contribution in [0.25, 0.3) is 0 Å². The topological polar surface area (TPSA) is 40.5 Å². The van der Waals surface area contributed by atoms with Gasteiger partial charge in [-0.05, 0) is 19.4 Å². The van der Waals surface area contributed by atoms with Crippen molar-refractivity contribution in [2.24, 2.45) is 5.92 Å². The Morgan fingerprint density at radius 2 is 2.14 bits per heavy atom. The molecule has 2 rings (SSSR count). The molecule has 0 aromatic carbocycles. The lowest BCUT2D eigenvalue weighted by atomic mass is 10.1. The molecule has 76 valence electrons. The van der Waals surface area contributed by atoms with Gasteiger partial charge in [0.25, 0.3) is 0 Å². The first-order chi connectivity index (χ1) is 6.77. The van der Waals surface area contributed by atoms with E-state index in [2.05, 4.69) is 17.1 Å². The van der Waals surface area contributed by atoms with Gasteiger partial charge in [-0.25, -0.2) is 0 Å². The van der Waals surface area contributed by atoms with Crippen molar-refractivity contribution in [3.8, 4) is 0 Å². The van der Waals surface area contributed by atoms with Gasteiger partial charge < -0.3 is 5.11 Å². The molecule has 2 aliphatic rings. The summed E-state index contributed by atoms with van der Waals surface area (Å²) in [5, 5.41) is 8.98. The van der Waals surface area contributed by atoms with E-state index in [1.165, 1.54) is 0 Å². The zero-order valence-corrected chi connectivity index (χ0v) is 8.10. The summed E-state index contributed by atoms with van der Waals surface area (Å²) < 4.78 is 0. The van der Waals surface area contributed by atoms with Crippen LogP contribution in [0.3, 0.4) is 0 Å². The van der Waals surface area contributed by atoms with Crippen LogP contribution >= 0.6 is 0 Å². The molecular formula is C11H15NO2. The maximum absolute atomic E-state index is 10.9. The minimum Gasteiger partial charge on any atom is -0.480 e. The third-order valence-corrected chi connectivity index (χ3v) is 2.92. The summed E-state index contributed by atoms with van der Waals surface area (Å²) in [7, 11) is 0. The van der Waals surface area contributed by atoms with Crippen molar-refractivity contribution in [1.82, 2.24) is 4.90 Å². The highest BCUT2D eigenvalue weighted by atomic mass is 16.4. The molecule has 0 spiro atoms. The van der Waals surface area contributed by atoms with E-state index in [9.17, 15) is 4.79 Å². The number of carboxylic acid groups (broad SMARTS) is 1. The molecule has 1 heterocycles. The van der Waals surface area contributed by atoms with Crippen LogP contribution < -0.4 is 0 Å². The number of carboxylic acids is 1. The smallest absolute Gasteiger partial charge is 0.320 e. The van der Waals surface area contributed by atoms with E-state index in [1.807, 2.05) is 12.2 Å². The van der Waals surface area contributed by atoms with Gasteiger partial charge in [-0.2, -0.15) is 0 Å². The Balaban J connectivity index is 1.93. The Hall–Kier alpha value is -1.09. The number of aliphatic carboxylic acids is 1. The first-order valence-corrected chi connectivity index (χ1v) is 5.09. The maximum Gasteiger partial charge on any atom is 0.320 e. The summed E-state index contributed by atoms with van der Waals surface area (Å²) in [6.45, 7) is 1.78. The summed E-state index contributed by atoms with van der Waals surface area (Å²) in [5.41, 5.74) is 0. The van der Waals surface area contributed by atoms with E-state index >= 15 is 0 Å². The van der Waals surface area contributed by atoms with Crippen LogP contribution in [0.2, 0.25) is 0 Å². The average Bonchev–Trinajstić information content (AvgIpc) is 2.75. The van der Waals surface area contributed by atoms with Crippen molar-refractivity contribution in [2.45, 2.75) is 18.9 Å². The molecule has 3 heteroatoms. The summed E-state index contributed by atoms with van der Waals surface area (Å²) in [6, 6.07) is -0.252. The van der Waals surface area contributed by atoms with E-state index < -0.39 is 5.97 Å². The highest BCUT2D eigenvalue weighted by Crippen LogP contribution is 2.21. The van der Waals surface area contributed by atoms with E-state index in [-0.39, 0.29) is 6.04 Å². The second-order valence-electron chi connectivity index (χ2n) is 3.92. The van der Waals surface area contributed by atoms with Gasteiger partial charge in [0.2, 0.25) is 0 Å². The monoisotopic (exact) mass is 193 g/mol. The van der Waals surface area contributed by atoms with Gasteiger partial charge in [-0.3, -0.25) is 9.69 Å². The summed E-state index contributed by atoms with van der Waals surface area (Å²) >= 11 is 0. The van der Waals surface area contributed by atoms with E-state index in [1.54, 1.807) is 0 Å². The average molecular weight is 193 g/mol. The van der Waals surface area contributed by atoms with Crippen LogP contribution in [-0.2, 0) is 4.79 Å². The van der Waals surface area contributed by atoms with E-state index in [4.69, 9.17) is 5.11 Å². The third kappa shape index (κ3) is 1.87. The molecule has 0 amide bonds. The lowest BCUT2D eigenvalue weighted by molar-refractivity contribution is -0.142. The lowest BCUT2D eigenvalue weighted by Crippen LogP contribution is -2.38. The van der Waals surface area contributed by atoms with Crippen molar-refractivity contribution in [3.63, 3.8) is 0 Å². The SMILES string of the molecule is O=C(O)[C@@H]1CCCN1CC1C=CC=C1. The fourth-order valence-electron chi connectivity index (χ4n) is 2.19. The van der Waals surface area contributed by atoms with Gasteiger partial charge in [0.1, 0.15) is 6.04 Å². The Bertz CT molecular complexity index is 271. The van der Waals surface area contributed by atoms with E-state index in [0.29, 0.717) is 5.92 Å². The van der Waals surface area contributed by atoms with Gasteiger partial charge in [-0.1, -0.05) is 24.3 Å². The van der Waals surface area contributed by atoms with Crippen molar-refractivity contribution in [1.29, 1.82) is 0 Å². The predicted octanol–water partition coefficient (Wildman–Crippen LogP) is 1.28. The molecule has 14 heavy (non-hydrogen) atoms. The fourth-order valence-corrected chi connectivity index (χ4v) is 2.19. The fraction of sp³-hybridized carbons (Fsp3) is 0.545. The van der Waals surface area contributed by atoms with Gasteiger partial charge in [-0.15, -0.1) is 0 Å². The molecule has 0 aromatic heterocycles. The molecule has 1 N–H and O–H groups in total. The molecule has 0 bridgehead atoms. The Kier molecular flexibility index (Phi) is 2.68. The number of nitrogens with zero attached hydrogens (tertiary/aromatic N) is 1. The summed E-state index contributed by atoms with van der Waals surface area (Å²) in [6.07, 6.45) is 10.1. The van der Waals surface area contributed by atoms with Gasteiger partial charge in [0.15, 0.2) is 0 Å². The first-order valence-electron chi connectivity index (χ1n) is 5.09. The molecular weight excluding hydrogens is 178 g/mol. The number of likely N-dealkylation sites (tertiary alicyclic amines) is 1. The number of carbonyl (C=O) groups is 1. The number of hydrogen-bond acceptors (Lipinski definition) is 2. The Morgan fingerprint density at radius 3 is 2.79 bits per heavy atom. The lowest BCUT2D eigenvalue weighted by Gasteiger charge is -2.22. The highest BCUT2D eigenvalue weighted by molar-refractivity contribution is 5.73. The third-order valence-electron chi connectivity index (χ3n) is 2.92. The van der Waals surface area contributed by atoms with Crippen LogP contribution in [-0.4, -0.2) is 35.1 Å². The predicted molar refractivity (Wildman–Crippen MR) is 54.0 cm³/mol. The minimum atomic E-state index is -0.673. The molecule has 0 unspecified atom stereocenters. The molecule has 0 radical (unpaired) electrons. The molecule has 0 saturated carbocycles. The van der Waals surface area contributed by atoms with Crippen LogP contribution in [0.15, 0.2) is 24.3 Å². The molecule has 0 aromatic rings. The molecule has 1 aliphatic heterocycles. The van der Waals surface area contributed by atoms with Gasteiger partial charge in [0.05, 0.1) is 0 Å². The minimum absolute atomic E-state index is 0.252. The highest BCUT2D eigenvalue weighted by Gasteiger charge is 2.31. The zero-order chi connectivity index (χ0) is 9.97. The molecule has 1 atom stereocenters. The van der Waals surface area contributed by atoms with Gasteiger partial charge in [0, 0.05) is 12.5 Å². The number of allylic oxidation sites excluding steroid dienone is 2.